The van der Waals surface area contributed by atoms with Crippen molar-refractivity contribution in [2.75, 3.05) is 38.7 Å². The third-order valence-corrected chi connectivity index (χ3v) is 8.66. The molecular formula is C27H31F3N4O3. The van der Waals surface area contributed by atoms with Crippen LogP contribution in [0.25, 0.3) is 0 Å². The molecule has 2 N–H and O–H groups in total. The lowest BCUT2D eigenvalue weighted by Crippen LogP contribution is -2.36. The van der Waals surface area contributed by atoms with E-state index < -0.39 is 34.8 Å². The van der Waals surface area contributed by atoms with E-state index in [-0.39, 0.29) is 28.6 Å². The van der Waals surface area contributed by atoms with Crippen molar-refractivity contribution in [2.24, 2.45) is 17.8 Å². The molecule has 3 heterocycles. The molecule has 2 saturated carbocycles. The number of halogens is 3. The van der Waals surface area contributed by atoms with Gasteiger partial charge in [0.1, 0.15) is 5.82 Å². The number of amides is 1. The lowest BCUT2D eigenvalue weighted by Gasteiger charge is -2.22. The summed E-state index contributed by atoms with van der Waals surface area (Å²) in [5.41, 5.74) is -0.661. The fourth-order valence-electron chi connectivity index (χ4n) is 6.39. The van der Waals surface area contributed by atoms with Crippen molar-refractivity contribution in [3.8, 4) is 0 Å². The lowest BCUT2D eigenvalue weighted by molar-refractivity contribution is 0.0135. The highest BCUT2D eigenvalue weighted by atomic mass is 19.3. The first-order valence-corrected chi connectivity index (χ1v) is 12.8. The molecule has 198 valence electrons. The molecule has 37 heavy (non-hydrogen) atoms. The normalized spacial score (nSPS) is 31.0. The van der Waals surface area contributed by atoms with Crippen molar-refractivity contribution in [3.63, 3.8) is 0 Å². The average Bonchev–Trinajstić information content (AvgIpc) is 3.54. The number of nitrogens with zero attached hydrogens (tertiary/aromatic N) is 2. The number of nitrogens with one attached hydrogen (secondary N) is 2. The summed E-state index contributed by atoms with van der Waals surface area (Å²) < 4.78 is 49.9. The Kier molecular flexibility index (Phi) is 5.51. The van der Waals surface area contributed by atoms with Crippen LogP contribution in [0.4, 0.5) is 18.9 Å². The molecule has 0 bridgehead atoms. The molecule has 4 fully saturated rings. The molecule has 0 spiro atoms. The van der Waals surface area contributed by atoms with Gasteiger partial charge in [-0.25, -0.2) is 13.2 Å². The van der Waals surface area contributed by atoms with Crippen molar-refractivity contribution >= 4 is 11.6 Å². The molecule has 2 aromatic rings. The average molecular weight is 517 g/mol. The molecular weight excluding hydrogens is 485 g/mol. The Labute approximate surface area is 213 Å². The van der Waals surface area contributed by atoms with Gasteiger partial charge in [0.05, 0.1) is 41.6 Å². The number of fused-ring (bicyclic) bond motifs is 2. The fourth-order valence-corrected chi connectivity index (χ4v) is 6.39. The Morgan fingerprint density at radius 3 is 2.62 bits per heavy atom. The third-order valence-electron chi connectivity index (χ3n) is 8.66. The van der Waals surface area contributed by atoms with Crippen molar-refractivity contribution in [2.45, 2.75) is 43.8 Å². The van der Waals surface area contributed by atoms with Gasteiger partial charge in [0.25, 0.3) is 17.4 Å². The summed E-state index contributed by atoms with van der Waals surface area (Å²) in [7, 11) is 2.07. The topological polar surface area (TPSA) is 75.6 Å². The highest BCUT2D eigenvalue weighted by molar-refractivity contribution is 5.99. The first-order chi connectivity index (χ1) is 17.5. The quantitative estimate of drug-likeness (QED) is 0.591. The van der Waals surface area contributed by atoms with Gasteiger partial charge in [-0.2, -0.15) is 0 Å². The van der Waals surface area contributed by atoms with Gasteiger partial charge < -0.3 is 24.8 Å². The number of piperidine rings is 1. The van der Waals surface area contributed by atoms with Crippen LogP contribution in [0.3, 0.4) is 0 Å². The van der Waals surface area contributed by atoms with Gasteiger partial charge in [0, 0.05) is 49.8 Å². The number of pyridine rings is 1. The number of carbonyl (C=O) groups is 1. The number of hydrogen-bond donors (Lipinski definition) is 2. The van der Waals surface area contributed by atoms with Crippen LogP contribution in [0.2, 0.25) is 0 Å². The van der Waals surface area contributed by atoms with Gasteiger partial charge in [-0.15, -0.1) is 0 Å². The molecule has 1 amide bonds. The van der Waals surface area contributed by atoms with Gasteiger partial charge in [0.2, 0.25) is 0 Å². The van der Waals surface area contributed by atoms with Crippen LogP contribution in [0.1, 0.15) is 47.8 Å². The van der Waals surface area contributed by atoms with E-state index >= 15 is 0 Å². The van der Waals surface area contributed by atoms with E-state index in [0.717, 1.165) is 25.6 Å². The Morgan fingerprint density at radius 2 is 2.00 bits per heavy atom. The molecule has 4 aliphatic rings. The molecule has 6 rings (SSSR count). The first kappa shape index (κ1) is 24.5. The summed E-state index contributed by atoms with van der Waals surface area (Å²) in [5, 5.41) is 6.19. The highest BCUT2D eigenvalue weighted by Gasteiger charge is 2.60. The van der Waals surface area contributed by atoms with Crippen molar-refractivity contribution in [1.29, 1.82) is 0 Å². The Balaban J connectivity index is 1.31. The standard InChI is InChI=1S/C27H31F3N4O3/c1-14(16-5-4-6-20(23(16)28)26(2,29)30)31-25(36)19-11-34(27-8-15(27)12-37-13-27)22(35)7-21(19)32-24-17-9-33(3)10-18(17)24/h4-7,11,14-15,17-18,24,32H,8-10,12-13H2,1-3H3,(H,31,36)/t14-,15-,17-,18+,24-,27-/m1/s1. The molecule has 2 saturated heterocycles. The van der Waals surface area contributed by atoms with Crippen molar-refractivity contribution in [1.82, 2.24) is 14.8 Å². The summed E-state index contributed by atoms with van der Waals surface area (Å²) >= 11 is 0. The number of ether oxygens (including phenoxy) is 1. The van der Waals surface area contributed by atoms with Gasteiger partial charge in [-0.1, -0.05) is 18.2 Å². The van der Waals surface area contributed by atoms with E-state index in [1.807, 2.05) is 0 Å². The van der Waals surface area contributed by atoms with E-state index in [0.29, 0.717) is 37.7 Å². The predicted octanol–water partition coefficient (Wildman–Crippen LogP) is 3.31. The van der Waals surface area contributed by atoms with Crippen molar-refractivity contribution < 1.29 is 22.7 Å². The minimum Gasteiger partial charge on any atom is -0.381 e. The fraction of sp³-hybridized carbons (Fsp3) is 0.556. The third kappa shape index (κ3) is 4.05. The van der Waals surface area contributed by atoms with Crippen LogP contribution >= 0.6 is 0 Å². The van der Waals surface area contributed by atoms with Gasteiger partial charge >= 0.3 is 0 Å². The summed E-state index contributed by atoms with van der Waals surface area (Å²) in [6.07, 6.45) is 2.40. The monoisotopic (exact) mass is 516 g/mol. The summed E-state index contributed by atoms with van der Waals surface area (Å²) in [5.74, 6) is -3.73. The molecule has 7 nitrogen and oxygen atoms in total. The van der Waals surface area contributed by atoms with Crippen LogP contribution in [-0.2, 0) is 16.2 Å². The molecule has 10 heteroatoms. The van der Waals surface area contributed by atoms with Crippen LogP contribution in [-0.4, -0.2) is 54.8 Å². The molecule has 2 aliphatic carbocycles. The highest BCUT2D eigenvalue weighted by Crippen LogP contribution is 2.54. The smallest absolute Gasteiger partial charge is 0.273 e. The van der Waals surface area contributed by atoms with E-state index in [2.05, 4.69) is 22.6 Å². The van der Waals surface area contributed by atoms with Crippen LogP contribution < -0.4 is 16.2 Å². The number of aromatic nitrogens is 1. The maximum atomic E-state index is 15.0. The Hall–Kier alpha value is -2.85. The number of likely N-dealkylation sites (tertiary alicyclic amines) is 1. The zero-order valence-electron chi connectivity index (χ0n) is 21.1. The number of anilines is 1. The molecule has 1 aromatic carbocycles. The second kappa shape index (κ2) is 8.33. The van der Waals surface area contributed by atoms with Crippen LogP contribution in [0, 0.1) is 23.6 Å². The molecule has 2 aliphatic heterocycles. The number of rotatable bonds is 7. The number of carbonyl (C=O) groups excluding carboxylic acids is 1. The molecule has 0 unspecified atom stereocenters. The second-order valence-corrected chi connectivity index (χ2v) is 11.3. The van der Waals surface area contributed by atoms with Gasteiger partial charge in [-0.05, 0) is 32.2 Å². The largest absolute Gasteiger partial charge is 0.381 e. The maximum Gasteiger partial charge on any atom is 0.273 e. The second-order valence-electron chi connectivity index (χ2n) is 11.3. The number of hydrogen-bond acceptors (Lipinski definition) is 5. The van der Waals surface area contributed by atoms with E-state index in [1.165, 1.54) is 18.2 Å². The lowest BCUT2D eigenvalue weighted by atomic mass is 10.0. The summed E-state index contributed by atoms with van der Waals surface area (Å²) in [6, 6.07) is 4.57. The SMILES string of the molecule is C[C@@H](NC(=O)c1cn([C@]23COC[C@H]2C3)c(=O)cc1N[C@@H]1[C@@H]2CN(C)C[C@@H]21)c1cccc(C(C)(F)F)c1F. The number of alkyl halides is 2. The summed E-state index contributed by atoms with van der Waals surface area (Å²) in [6.45, 7) is 5.11. The number of benzene rings is 1. The van der Waals surface area contributed by atoms with Crippen LogP contribution in [0.15, 0.2) is 35.3 Å². The van der Waals surface area contributed by atoms with E-state index in [1.54, 1.807) is 17.7 Å². The molecule has 0 radical (unpaired) electrons. The minimum absolute atomic E-state index is 0.0278. The Morgan fingerprint density at radius 1 is 1.27 bits per heavy atom. The van der Waals surface area contributed by atoms with Gasteiger partial charge in [0.15, 0.2) is 0 Å². The van der Waals surface area contributed by atoms with E-state index in [4.69, 9.17) is 4.74 Å². The Bertz CT molecular complexity index is 1310. The predicted molar refractivity (Wildman–Crippen MR) is 131 cm³/mol. The zero-order valence-corrected chi connectivity index (χ0v) is 21.1. The van der Waals surface area contributed by atoms with Gasteiger partial charge in [-0.3, -0.25) is 9.59 Å². The van der Waals surface area contributed by atoms with Crippen LogP contribution in [0.5, 0.6) is 0 Å². The zero-order chi connectivity index (χ0) is 26.3. The first-order valence-electron chi connectivity index (χ1n) is 12.8. The summed E-state index contributed by atoms with van der Waals surface area (Å²) in [4.78, 5) is 29.0. The van der Waals surface area contributed by atoms with E-state index in [9.17, 15) is 22.8 Å². The molecule has 6 atom stereocenters. The maximum absolute atomic E-state index is 15.0. The minimum atomic E-state index is -3.35. The molecule has 1 aromatic heterocycles. The van der Waals surface area contributed by atoms with Crippen molar-refractivity contribution in [3.05, 3.63) is 63.3 Å².